The molecule has 0 amide bonds. The molecule has 0 atom stereocenters. The molecule has 1 fully saturated rings. The summed E-state index contributed by atoms with van der Waals surface area (Å²) >= 11 is 0. The number of aryl methyl sites for hydroxylation is 3. The number of hydrogen-bond donors (Lipinski definition) is 1. The SMILES string of the molecule is CCc1nn(C)cc1-c1cc(CNC2CC2)ccc1C. The first-order valence-electron chi connectivity index (χ1n) is 7.53. The summed E-state index contributed by atoms with van der Waals surface area (Å²) in [5.74, 6) is 0. The molecule has 1 aromatic heterocycles. The van der Waals surface area contributed by atoms with Crippen molar-refractivity contribution in [3.63, 3.8) is 0 Å². The van der Waals surface area contributed by atoms with Crippen molar-refractivity contribution in [1.29, 1.82) is 0 Å². The van der Waals surface area contributed by atoms with E-state index in [0.717, 1.165) is 19.0 Å². The van der Waals surface area contributed by atoms with Crippen LogP contribution in [0.25, 0.3) is 11.1 Å². The molecule has 0 spiro atoms. The van der Waals surface area contributed by atoms with E-state index in [9.17, 15) is 0 Å². The van der Waals surface area contributed by atoms with Crippen LogP contribution in [0.2, 0.25) is 0 Å². The zero-order valence-electron chi connectivity index (χ0n) is 12.6. The van der Waals surface area contributed by atoms with Crippen LogP contribution in [0, 0.1) is 6.92 Å². The van der Waals surface area contributed by atoms with Gasteiger partial charge in [-0.2, -0.15) is 5.10 Å². The average Bonchev–Trinajstić information content (AvgIpc) is 3.19. The molecule has 0 radical (unpaired) electrons. The van der Waals surface area contributed by atoms with Crippen LogP contribution in [0.3, 0.4) is 0 Å². The van der Waals surface area contributed by atoms with Crippen LogP contribution >= 0.6 is 0 Å². The predicted molar refractivity (Wildman–Crippen MR) is 82.6 cm³/mol. The minimum Gasteiger partial charge on any atom is -0.310 e. The Kier molecular flexibility index (Phi) is 3.62. The van der Waals surface area contributed by atoms with Crippen molar-refractivity contribution in [2.24, 2.45) is 7.05 Å². The van der Waals surface area contributed by atoms with Crippen LogP contribution in [0.4, 0.5) is 0 Å². The second-order valence-electron chi connectivity index (χ2n) is 5.82. The monoisotopic (exact) mass is 269 g/mol. The van der Waals surface area contributed by atoms with Crippen molar-refractivity contribution in [3.05, 3.63) is 41.2 Å². The second kappa shape index (κ2) is 5.41. The quantitative estimate of drug-likeness (QED) is 0.903. The fourth-order valence-corrected chi connectivity index (χ4v) is 2.64. The Balaban J connectivity index is 1.91. The Hall–Kier alpha value is -1.61. The van der Waals surface area contributed by atoms with E-state index in [1.807, 2.05) is 11.7 Å². The van der Waals surface area contributed by atoms with Crippen LogP contribution < -0.4 is 5.32 Å². The van der Waals surface area contributed by atoms with Gasteiger partial charge in [0.25, 0.3) is 0 Å². The second-order valence-corrected chi connectivity index (χ2v) is 5.82. The molecule has 0 unspecified atom stereocenters. The van der Waals surface area contributed by atoms with E-state index >= 15 is 0 Å². The fraction of sp³-hybridized carbons (Fsp3) is 0.471. The molecule has 2 aromatic rings. The van der Waals surface area contributed by atoms with Gasteiger partial charge in [0.1, 0.15) is 0 Å². The van der Waals surface area contributed by atoms with Crippen LogP contribution in [-0.2, 0) is 20.0 Å². The van der Waals surface area contributed by atoms with Gasteiger partial charge in [-0.1, -0.05) is 19.1 Å². The van der Waals surface area contributed by atoms with Gasteiger partial charge >= 0.3 is 0 Å². The van der Waals surface area contributed by atoms with E-state index in [1.165, 1.54) is 40.8 Å². The Morgan fingerprint density at radius 1 is 1.30 bits per heavy atom. The number of rotatable bonds is 5. The maximum atomic E-state index is 4.56. The summed E-state index contributed by atoms with van der Waals surface area (Å²) in [5.41, 5.74) is 6.47. The molecule has 106 valence electrons. The van der Waals surface area contributed by atoms with Crippen LogP contribution in [0.5, 0.6) is 0 Å². The predicted octanol–water partition coefficient (Wildman–Crippen LogP) is 3.21. The molecule has 3 nitrogen and oxygen atoms in total. The Bertz CT molecular complexity index is 609. The van der Waals surface area contributed by atoms with Crippen molar-refractivity contribution in [2.75, 3.05) is 0 Å². The smallest absolute Gasteiger partial charge is 0.0700 e. The molecule has 3 rings (SSSR count). The largest absolute Gasteiger partial charge is 0.310 e. The third-order valence-corrected chi connectivity index (χ3v) is 4.00. The standard InChI is InChI=1S/C17H23N3/c1-4-17-16(11-20(3)19-17)15-9-13(6-5-12(15)2)10-18-14-7-8-14/h5-6,9,11,14,18H,4,7-8,10H2,1-3H3. The zero-order chi connectivity index (χ0) is 14.1. The molecular weight excluding hydrogens is 246 g/mol. The number of hydrogen-bond acceptors (Lipinski definition) is 2. The van der Waals surface area contributed by atoms with E-state index in [0.29, 0.717) is 0 Å². The first-order valence-corrected chi connectivity index (χ1v) is 7.53. The highest BCUT2D eigenvalue weighted by Gasteiger charge is 2.20. The molecule has 1 aliphatic rings. The highest BCUT2D eigenvalue weighted by Crippen LogP contribution is 2.28. The Morgan fingerprint density at radius 3 is 2.80 bits per heavy atom. The van der Waals surface area contributed by atoms with Gasteiger partial charge in [0.2, 0.25) is 0 Å². The van der Waals surface area contributed by atoms with Crippen LogP contribution in [-0.4, -0.2) is 15.8 Å². The van der Waals surface area contributed by atoms with E-state index in [4.69, 9.17) is 0 Å². The lowest BCUT2D eigenvalue weighted by atomic mass is 9.97. The summed E-state index contributed by atoms with van der Waals surface area (Å²) < 4.78 is 1.92. The molecule has 0 bridgehead atoms. The topological polar surface area (TPSA) is 29.9 Å². The van der Waals surface area contributed by atoms with Gasteiger partial charge in [-0.05, 0) is 48.9 Å². The molecule has 1 N–H and O–H groups in total. The zero-order valence-corrected chi connectivity index (χ0v) is 12.6. The lowest BCUT2D eigenvalue weighted by Gasteiger charge is -2.09. The van der Waals surface area contributed by atoms with Crippen molar-refractivity contribution < 1.29 is 0 Å². The van der Waals surface area contributed by atoms with Gasteiger partial charge < -0.3 is 5.32 Å². The number of aromatic nitrogens is 2. The van der Waals surface area contributed by atoms with E-state index < -0.39 is 0 Å². The summed E-state index contributed by atoms with van der Waals surface area (Å²) in [6, 6.07) is 7.53. The lowest BCUT2D eigenvalue weighted by molar-refractivity contribution is 0.688. The van der Waals surface area contributed by atoms with Crippen LogP contribution in [0.15, 0.2) is 24.4 Å². The van der Waals surface area contributed by atoms with E-state index in [2.05, 4.69) is 48.7 Å². The fourth-order valence-electron chi connectivity index (χ4n) is 2.64. The van der Waals surface area contributed by atoms with Crippen molar-refractivity contribution >= 4 is 0 Å². The normalized spacial score (nSPS) is 14.8. The summed E-state index contributed by atoms with van der Waals surface area (Å²) in [5, 5.41) is 8.15. The minimum atomic E-state index is 0.754. The summed E-state index contributed by atoms with van der Waals surface area (Å²) in [6.45, 7) is 5.32. The van der Waals surface area contributed by atoms with Gasteiger partial charge in [0.15, 0.2) is 0 Å². The van der Waals surface area contributed by atoms with E-state index in [1.54, 1.807) is 0 Å². The van der Waals surface area contributed by atoms with Crippen molar-refractivity contribution in [2.45, 2.75) is 45.7 Å². The third-order valence-electron chi connectivity index (χ3n) is 4.00. The maximum absolute atomic E-state index is 4.56. The molecular formula is C17H23N3. The first-order chi connectivity index (χ1) is 9.67. The molecule has 3 heteroatoms. The lowest BCUT2D eigenvalue weighted by Crippen LogP contribution is -2.15. The van der Waals surface area contributed by atoms with Gasteiger partial charge in [-0.3, -0.25) is 4.68 Å². The number of nitrogens with zero attached hydrogens (tertiary/aromatic N) is 2. The van der Waals surface area contributed by atoms with E-state index in [-0.39, 0.29) is 0 Å². The summed E-state index contributed by atoms with van der Waals surface area (Å²) in [6.07, 6.45) is 5.78. The Labute approximate surface area is 121 Å². The van der Waals surface area contributed by atoms with Crippen molar-refractivity contribution in [1.82, 2.24) is 15.1 Å². The van der Waals surface area contributed by atoms with Gasteiger partial charge in [-0.15, -0.1) is 0 Å². The summed E-state index contributed by atoms with van der Waals surface area (Å²) in [4.78, 5) is 0. The highest BCUT2D eigenvalue weighted by molar-refractivity contribution is 5.69. The van der Waals surface area contributed by atoms with Crippen LogP contribution in [0.1, 0.15) is 36.6 Å². The molecule has 1 aliphatic carbocycles. The Morgan fingerprint density at radius 2 is 2.10 bits per heavy atom. The van der Waals surface area contributed by atoms with Crippen molar-refractivity contribution in [3.8, 4) is 11.1 Å². The third kappa shape index (κ3) is 2.78. The summed E-state index contributed by atoms with van der Waals surface area (Å²) in [7, 11) is 2.00. The number of nitrogens with one attached hydrogen (secondary N) is 1. The molecule has 1 aromatic carbocycles. The molecule has 20 heavy (non-hydrogen) atoms. The van der Waals surface area contributed by atoms with Gasteiger partial charge in [0.05, 0.1) is 5.69 Å². The minimum absolute atomic E-state index is 0.754. The number of benzene rings is 1. The average molecular weight is 269 g/mol. The maximum Gasteiger partial charge on any atom is 0.0700 e. The highest BCUT2D eigenvalue weighted by atomic mass is 15.2. The molecule has 1 saturated carbocycles. The first kappa shape index (κ1) is 13.4. The van der Waals surface area contributed by atoms with Gasteiger partial charge in [0, 0.05) is 31.4 Å². The van der Waals surface area contributed by atoms with Gasteiger partial charge in [-0.25, -0.2) is 0 Å². The molecule has 0 aliphatic heterocycles. The molecule has 0 saturated heterocycles. The molecule has 1 heterocycles.